The van der Waals surface area contributed by atoms with Gasteiger partial charge in [-0.2, -0.15) is 0 Å². The zero-order chi connectivity index (χ0) is 9.90. The van der Waals surface area contributed by atoms with Gasteiger partial charge in [-0.1, -0.05) is 0 Å². The van der Waals surface area contributed by atoms with Crippen LogP contribution < -0.4 is 10.6 Å². The molecule has 0 radical (unpaired) electrons. The van der Waals surface area contributed by atoms with Crippen LogP contribution in [0.3, 0.4) is 0 Å². The molecule has 13 heavy (non-hydrogen) atoms. The molecule has 0 amide bonds. The number of hydrogen-bond donors (Lipinski definition) is 2. The van der Waals surface area contributed by atoms with Crippen molar-refractivity contribution in [3.05, 3.63) is 17.5 Å². The Labute approximate surface area is 88.4 Å². The number of nitrogens with one attached hydrogen (secondary N) is 2. The molecule has 0 aliphatic rings. The van der Waals surface area contributed by atoms with Crippen LogP contribution >= 0.6 is 23.6 Å². The summed E-state index contributed by atoms with van der Waals surface area (Å²) in [7, 11) is 0. The SMILES string of the molecule is CC(C)(C)NC(=S)Nc1cccs1. The summed E-state index contributed by atoms with van der Waals surface area (Å²) in [5.74, 6) is 0. The highest BCUT2D eigenvalue weighted by atomic mass is 32.1. The summed E-state index contributed by atoms with van der Waals surface area (Å²) < 4.78 is 0. The van der Waals surface area contributed by atoms with Crippen LogP contribution in [-0.4, -0.2) is 10.7 Å². The molecular weight excluding hydrogens is 200 g/mol. The highest BCUT2D eigenvalue weighted by molar-refractivity contribution is 7.80. The molecule has 0 fully saturated rings. The Morgan fingerprint density at radius 3 is 2.62 bits per heavy atom. The molecule has 0 saturated carbocycles. The monoisotopic (exact) mass is 214 g/mol. The van der Waals surface area contributed by atoms with Gasteiger partial charge in [-0.05, 0) is 50.5 Å². The summed E-state index contributed by atoms with van der Waals surface area (Å²) in [4.78, 5) is 0. The van der Waals surface area contributed by atoms with Gasteiger partial charge in [-0.25, -0.2) is 0 Å². The van der Waals surface area contributed by atoms with Crippen LogP contribution in [0.5, 0.6) is 0 Å². The molecule has 1 aromatic rings. The predicted molar refractivity (Wildman–Crippen MR) is 63.4 cm³/mol. The molecule has 1 aromatic heterocycles. The van der Waals surface area contributed by atoms with Crippen molar-refractivity contribution in [2.45, 2.75) is 26.3 Å². The second-order valence-corrected chi connectivity index (χ2v) is 5.16. The fraction of sp³-hybridized carbons (Fsp3) is 0.444. The summed E-state index contributed by atoms with van der Waals surface area (Å²) in [5, 5.41) is 10.1. The van der Waals surface area contributed by atoms with E-state index < -0.39 is 0 Å². The van der Waals surface area contributed by atoms with Crippen molar-refractivity contribution in [3.63, 3.8) is 0 Å². The number of thiocarbonyl (C=S) groups is 1. The number of rotatable bonds is 1. The third-order valence-corrected chi connectivity index (χ3v) is 2.24. The minimum absolute atomic E-state index is 0.0152. The Bertz CT molecular complexity index is 272. The summed E-state index contributed by atoms with van der Waals surface area (Å²) in [5.41, 5.74) is 0.0152. The van der Waals surface area contributed by atoms with Gasteiger partial charge in [0.05, 0.1) is 5.00 Å². The van der Waals surface area contributed by atoms with Gasteiger partial charge >= 0.3 is 0 Å². The van der Waals surface area contributed by atoms with Crippen molar-refractivity contribution in [2.24, 2.45) is 0 Å². The summed E-state index contributed by atoms with van der Waals surface area (Å²) in [6, 6.07) is 3.99. The minimum Gasteiger partial charge on any atom is -0.358 e. The van der Waals surface area contributed by atoms with Crippen molar-refractivity contribution < 1.29 is 0 Å². The van der Waals surface area contributed by atoms with E-state index in [1.165, 1.54) is 0 Å². The highest BCUT2D eigenvalue weighted by Gasteiger charge is 2.10. The summed E-state index contributed by atoms with van der Waals surface area (Å²) >= 11 is 6.77. The van der Waals surface area contributed by atoms with Gasteiger partial charge in [0.2, 0.25) is 0 Å². The third kappa shape index (κ3) is 4.24. The Kier molecular flexibility index (Phi) is 3.27. The van der Waals surface area contributed by atoms with Gasteiger partial charge < -0.3 is 10.6 Å². The van der Waals surface area contributed by atoms with Crippen molar-refractivity contribution >= 4 is 33.7 Å². The van der Waals surface area contributed by atoms with Crippen molar-refractivity contribution in [2.75, 3.05) is 5.32 Å². The summed E-state index contributed by atoms with van der Waals surface area (Å²) in [6.45, 7) is 6.24. The molecule has 4 heteroatoms. The molecule has 2 nitrogen and oxygen atoms in total. The van der Waals surface area contributed by atoms with E-state index in [-0.39, 0.29) is 5.54 Å². The quantitative estimate of drug-likeness (QED) is 0.703. The Hall–Kier alpha value is -0.610. The number of anilines is 1. The second kappa shape index (κ2) is 4.07. The van der Waals surface area contributed by atoms with Gasteiger partial charge in [0.25, 0.3) is 0 Å². The van der Waals surface area contributed by atoms with E-state index in [4.69, 9.17) is 12.2 Å². The molecule has 0 bridgehead atoms. The van der Waals surface area contributed by atoms with E-state index in [1.54, 1.807) is 11.3 Å². The van der Waals surface area contributed by atoms with Crippen LogP contribution in [0.15, 0.2) is 17.5 Å². The molecule has 0 aromatic carbocycles. The average Bonchev–Trinajstić information content (AvgIpc) is 2.34. The maximum atomic E-state index is 5.13. The van der Waals surface area contributed by atoms with Crippen molar-refractivity contribution in [1.29, 1.82) is 0 Å². The van der Waals surface area contributed by atoms with Gasteiger partial charge in [-0.15, -0.1) is 11.3 Å². The number of hydrogen-bond acceptors (Lipinski definition) is 2. The molecule has 1 heterocycles. The predicted octanol–water partition coefficient (Wildman–Crippen LogP) is 2.83. The first-order valence-corrected chi connectivity index (χ1v) is 5.39. The molecule has 72 valence electrons. The van der Waals surface area contributed by atoms with Crippen LogP contribution in [0.1, 0.15) is 20.8 Å². The molecule has 0 atom stereocenters. The molecule has 0 unspecified atom stereocenters. The fourth-order valence-electron chi connectivity index (χ4n) is 0.833. The van der Waals surface area contributed by atoms with Gasteiger partial charge in [0, 0.05) is 5.54 Å². The average molecular weight is 214 g/mol. The Morgan fingerprint density at radius 1 is 1.46 bits per heavy atom. The van der Waals surface area contributed by atoms with Crippen LogP contribution in [0, 0.1) is 0 Å². The van der Waals surface area contributed by atoms with E-state index in [1.807, 2.05) is 17.5 Å². The first-order chi connectivity index (χ1) is 5.97. The van der Waals surface area contributed by atoms with Crippen LogP contribution in [-0.2, 0) is 0 Å². The first kappa shape index (κ1) is 10.5. The lowest BCUT2D eigenvalue weighted by Crippen LogP contribution is -2.42. The first-order valence-electron chi connectivity index (χ1n) is 4.10. The third-order valence-electron chi connectivity index (χ3n) is 1.25. The van der Waals surface area contributed by atoms with Crippen LogP contribution in [0.4, 0.5) is 5.00 Å². The van der Waals surface area contributed by atoms with Crippen molar-refractivity contribution in [1.82, 2.24) is 5.32 Å². The zero-order valence-corrected chi connectivity index (χ0v) is 9.68. The van der Waals surface area contributed by atoms with Gasteiger partial charge in [-0.3, -0.25) is 0 Å². The largest absolute Gasteiger partial charge is 0.358 e. The molecule has 1 rings (SSSR count). The molecule has 0 spiro atoms. The lowest BCUT2D eigenvalue weighted by atomic mass is 10.1. The zero-order valence-electron chi connectivity index (χ0n) is 8.05. The Balaban J connectivity index is 2.43. The normalized spacial score (nSPS) is 11.0. The van der Waals surface area contributed by atoms with E-state index in [0.29, 0.717) is 5.11 Å². The number of thiophene rings is 1. The van der Waals surface area contributed by atoms with Crippen LogP contribution in [0.2, 0.25) is 0 Å². The standard InChI is InChI=1S/C9H14N2S2/c1-9(2,3)11-8(12)10-7-5-4-6-13-7/h4-6H,1-3H3,(H2,10,11,12). The molecule has 0 aliphatic heterocycles. The molecule has 0 aliphatic carbocycles. The van der Waals surface area contributed by atoms with E-state index in [0.717, 1.165) is 5.00 Å². The molecule has 0 saturated heterocycles. The minimum atomic E-state index is 0.0152. The lowest BCUT2D eigenvalue weighted by molar-refractivity contribution is 0.515. The topological polar surface area (TPSA) is 24.1 Å². The van der Waals surface area contributed by atoms with E-state index in [9.17, 15) is 0 Å². The van der Waals surface area contributed by atoms with E-state index in [2.05, 4.69) is 31.4 Å². The molecular formula is C9H14N2S2. The lowest BCUT2D eigenvalue weighted by Gasteiger charge is -2.22. The van der Waals surface area contributed by atoms with Gasteiger partial charge in [0.15, 0.2) is 5.11 Å². The van der Waals surface area contributed by atoms with Crippen molar-refractivity contribution in [3.8, 4) is 0 Å². The second-order valence-electron chi connectivity index (χ2n) is 3.81. The maximum absolute atomic E-state index is 5.13. The maximum Gasteiger partial charge on any atom is 0.171 e. The highest BCUT2D eigenvalue weighted by Crippen LogP contribution is 2.14. The Morgan fingerprint density at radius 2 is 2.15 bits per heavy atom. The molecule has 2 N–H and O–H groups in total. The fourth-order valence-corrected chi connectivity index (χ4v) is 1.94. The van der Waals surface area contributed by atoms with E-state index >= 15 is 0 Å². The summed E-state index contributed by atoms with van der Waals surface area (Å²) in [6.07, 6.45) is 0. The van der Waals surface area contributed by atoms with Crippen LogP contribution in [0.25, 0.3) is 0 Å². The van der Waals surface area contributed by atoms with Gasteiger partial charge in [0.1, 0.15) is 0 Å². The smallest absolute Gasteiger partial charge is 0.171 e.